The van der Waals surface area contributed by atoms with E-state index >= 15 is 0 Å². The van der Waals surface area contributed by atoms with Crippen molar-refractivity contribution in [2.24, 2.45) is 5.84 Å². The Hall–Kier alpha value is -1.38. The van der Waals surface area contributed by atoms with Gasteiger partial charge in [-0.25, -0.2) is 8.78 Å². The van der Waals surface area contributed by atoms with E-state index < -0.39 is 25.0 Å². The molecule has 3 N–H and O–H groups in total. The zero-order chi connectivity index (χ0) is 16.0. The minimum Gasteiger partial charge on any atom is -0.496 e. The van der Waals surface area contributed by atoms with E-state index in [0.717, 1.165) is 5.56 Å². The van der Waals surface area contributed by atoms with Gasteiger partial charge in [0.05, 0.1) is 19.8 Å². The van der Waals surface area contributed by atoms with Crippen LogP contribution >= 0.6 is 0 Å². The summed E-state index contributed by atoms with van der Waals surface area (Å²) in [5, 5.41) is 0. The van der Waals surface area contributed by atoms with Gasteiger partial charge in [0.2, 0.25) is 0 Å². The van der Waals surface area contributed by atoms with Gasteiger partial charge >= 0.3 is 12.3 Å². The van der Waals surface area contributed by atoms with Crippen LogP contribution in [0.1, 0.15) is 17.2 Å². The standard InChI is InChI=1S/C13H18F4N2O2/c1-8-3-4-11(20-2)9(5-8)10(19-18)6-21-7-13(16,17)12(14)15/h3-5,10,12,19H,6-7,18H2,1-2H3. The number of hydrazine groups is 1. The maximum Gasteiger partial charge on any atom is 0.330 e. The molecule has 1 aromatic rings. The number of benzene rings is 1. The fourth-order valence-electron chi connectivity index (χ4n) is 1.73. The van der Waals surface area contributed by atoms with Gasteiger partial charge in [-0.2, -0.15) is 8.78 Å². The number of nitrogens with one attached hydrogen (secondary N) is 1. The van der Waals surface area contributed by atoms with Crippen LogP contribution in [0.4, 0.5) is 17.6 Å². The third kappa shape index (κ3) is 4.83. The molecule has 0 aliphatic heterocycles. The van der Waals surface area contributed by atoms with Crippen molar-refractivity contribution in [3.05, 3.63) is 29.3 Å². The van der Waals surface area contributed by atoms with Gasteiger partial charge in [-0.3, -0.25) is 11.3 Å². The molecule has 0 spiro atoms. The maximum atomic E-state index is 12.8. The summed E-state index contributed by atoms with van der Waals surface area (Å²) in [5.74, 6) is 1.68. The van der Waals surface area contributed by atoms with Gasteiger partial charge < -0.3 is 9.47 Å². The molecule has 120 valence electrons. The fraction of sp³-hybridized carbons (Fsp3) is 0.538. The monoisotopic (exact) mass is 310 g/mol. The molecule has 0 heterocycles. The van der Waals surface area contributed by atoms with Gasteiger partial charge in [0.15, 0.2) is 0 Å². The smallest absolute Gasteiger partial charge is 0.330 e. The van der Waals surface area contributed by atoms with Crippen molar-refractivity contribution in [3.63, 3.8) is 0 Å². The topological polar surface area (TPSA) is 56.5 Å². The highest BCUT2D eigenvalue weighted by Crippen LogP contribution is 2.27. The molecule has 0 aliphatic carbocycles. The van der Waals surface area contributed by atoms with Crippen LogP contribution in [0.2, 0.25) is 0 Å². The summed E-state index contributed by atoms with van der Waals surface area (Å²) >= 11 is 0. The van der Waals surface area contributed by atoms with Crippen molar-refractivity contribution in [3.8, 4) is 5.75 Å². The molecule has 0 saturated carbocycles. The third-order valence-electron chi connectivity index (χ3n) is 2.86. The largest absolute Gasteiger partial charge is 0.496 e. The second kappa shape index (κ2) is 7.58. The average molecular weight is 310 g/mol. The van der Waals surface area contributed by atoms with Crippen LogP contribution in [-0.4, -0.2) is 32.7 Å². The third-order valence-corrected chi connectivity index (χ3v) is 2.86. The Morgan fingerprint density at radius 3 is 2.52 bits per heavy atom. The van der Waals surface area contributed by atoms with Crippen molar-refractivity contribution in [1.29, 1.82) is 0 Å². The van der Waals surface area contributed by atoms with Crippen LogP contribution in [0.5, 0.6) is 5.75 Å². The highest BCUT2D eigenvalue weighted by atomic mass is 19.3. The Morgan fingerprint density at radius 2 is 2.00 bits per heavy atom. The molecule has 1 rings (SSSR count). The lowest BCUT2D eigenvalue weighted by Gasteiger charge is -2.21. The van der Waals surface area contributed by atoms with Gasteiger partial charge in [-0.1, -0.05) is 17.7 Å². The van der Waals surface area contributed by atoms with E-state index in [1.807, 2.05) is 13.0 Å². The van der Waals surface area contributed by atoms with E-state index in [-0.39, 0.29) is 6.61 Å². The lowest BCUT2D eigenvalue weighted by atomic mass is 10.0. The molecular weight excluding hydrogens is 292 g/mol. The predicted octanol–water partition coefficient (Wildman–Crippen LogP) is 2.43. The number of methoxy groups -OCH3 is 1. The van der Waals surface area contributed by atoms with Crippen molar-refractivity contribution < 1.29 is 27.0 Å². The highest BCUT2D eigenvalue weighted by molar-refractivity contribution is 5.39. The van der Waals surface area contributed by atoms with E-state index in [1.54, 1.807) is 12.1 Å². The maximum absolute atomic E-state index is 12.8. The number of rotatable bonds is 8. The molecular formula is C13H18F4N2O2. The predicted molar refractivity (Wildman–Crippen MR) is 69.6 cm³/mol. The summed E-state index contributed by atoms with van der Waals surface area (Å²) in [7, 11) is 1.45. The molecule has 0 bridgehead atoms. The summed E-state index contributed by atoms with van der Waals surface area (Å²) in [4.78, 5) is 0. The summed E-state index contributed by atoms with van der Waals surface area (Å²) in [6.45, 7) is 0.165. The number of nitrogens with two attached hydrogens (primary N) is 1. The lowest BCUT2D eigenvalue weighted by molar-refractivity contribution is -0.167. The normalized spacial score (nSPS) is 13.5. The van der Waals surface area contributed by atoms with Crippen molar-refractivity contribution in [2.45, 2.75) is 25.3 Å². The first-order valence-electron chi connectivity index (χ1n) is 6.16. The van der Waals surface area contributed by atoms with Crippen LogP contribution in [-0.2, 0) is 4.74 Å². The number of alkyl halides is 4. The summed E-state index contributed by atoms with van der Waals surface area (Å²) < 4.78 is 59.4. The SMILES string of the molecule is COc1ccc(C)cc1C(COCC(F)(F)C(F)F)NN. The molecule has 0 fully saturated rings. The molecule has 1 atom stereocenters. The van der Waals surface area contributed by atoms with Gasteiger partial charge in [0.25, 0.3) is 0 Å². The Balaban J connectivity index is 2.74. The molecule has 4 nitrogen and oxygen atoms in total. The second-order valence-electron chi connectivity index (χ2n) is 4.54. The zero-order valence-corrected chi connectivity index (χ0v) is 11.7. The first-order valence-corrected chi connectivity index (χ1v) is 6.16. The van der Waals surface area contributed by atoms with Crippen LogP contribution < -0.4 is 16.0 Å². The van der Waals surface area contributed by atoms with Crippen molar-refractivity contribution in [1.82, 2.24) is 5.43 Å². The van der Waals surface area contributed by atoms with Crippen molar-refractivity contribution >= 4 is 0 Å². The van der Waals surface area contributed by atoms with E-state index in [4.69, 9.17) is 10.6 Å². The zero-order valence-electron chi connectivity index (χ0n) is 11.7. The van der Waals surface area contributed by atoms with Gasteiger partial charge in [0, 0.05) is 5.56 Å². The van der Waals surface area contributed by atoms with Crippen molar-refractivity contribution in [2.75, 3.05) is 20.3 Å². The minimum absolute atomic E-state index is 0.293. The number of hydrogen-bond acceptors (Lipinski definition) is 4. The second-order valence-corrected chi connectivity index (χ2v) is 4.54. The molecule has 21 heavy (non-hydrogen) atoms. The quantitative estimate of drug-likeness (QED) is 0.440. The van der Waals surface area contributed by atoms with Crippen LogP contribution in [0.3, 0.4) is 0 Å². The first kappa shape index (κ1) is 17.7. The highest BCUT2D eigenvalue weighted by Gasteiger charge is 2.41. The van der Waals surface area contributed by atoms with E-state index in [9.17, 15) is 17.6 Å². The Labute approximate surface area is 120 Å². The fourth-order valence-corrected chi connectivity index (χ4v) is 1.73. The van der Waals surface area contributed by atoms with E-state index in [1.165, 1.54) is 7.11 Å². The number of ether oxygens (including phenoxy) is 2. The first-order chi connectivity index (χ1) is 9.81. The lowest BCUT2D eigenvalue weighted by Crippen LogP contribution is -2.36. The molecule has 1 unspecified atom stereocenters. The van der Waals surface area contributed by atoms with Crippen LogP contribution in [0.25, 0.3) is 0 Å². The van der Waals surface area contributed by atoms with E-state index in [0.29, 0.717) is 11.3 Å². The molecule has 0 saturated heterocycles. The number of aryl methyl sites for hydroxylation is 1. The van der Waals surface area contributed by atoms with Gasteiger partial charge in [0.1, 0.15) is 12.4 Å². The van der Waals surface area contributed by atoms with Gasteiger partial charge in [-0.05, 0) is 13.0 Å². The number of hydrogen-bond donors (Lipinski definition) is 2. The summed E-state index contributed by atoms with van der Waals surface area (Å²) in [6.07, 6.45) is -3.77. The van der Waals surface area contributed by atoms with E-state index in [2.05, 4.69) is 10.2 Å². The Morgan fingerprint density at radius 1 is 1.33 bits per heavy atom. The Bertz CT molecular complexity index is 458. The molecule has 0 radical (unpaired) electrons. The Kier molecular flexibility index (Phi) is 6.38. The molecule has 0 aliphatic rings. The summed E-state index contributed by atoms with van der Waals surface area (Å²) in [6, 6.07) is 4.59. The van der Waals surface area contributed by atoms with Crippen LogP contribution in [0.15, 0.2) is 18.2 Å². The summed E-state index contributed by atoms with van der Waals surface area (Å²) in [5.41, 5.74) is 3.90. The average Bonchev–Trinajstić information content (AvgIpc) is 2.43. The van der Waals surface area contributed by atoms with Gasteiger partial charge in [-0.15, -0.1) is 0 Å². The molecule has 0 amide bonds. The molecule has 1 aromatic carbocycles. The van der Waals surface area contributed by atoms with Crippen LogP contribution in [0, 0.1) is 6.92 Å². The minimum atomic E-state index is -4.18. The molecule has 0 aromatic heterocycles. The number of halogens is 4. The molecule has 8 heteroatoms.